The second-order valence-electron chi connectivity index (χ2n) is 8.08. The summed E-state index contributed by atoms with van der Waals surface area (Å²) >= 11 is 0. The quantitative estimate of drug-likeness (QED) is 0.600. The number of carbonyl (C=O) groups excluding carboxylic acids is 1. The van der Waals surface area contributed by atoms with E-state index in [9.17, 15) is 9.59 Å². The molecule has 1 fully saturated rings. The van der Waals surface area contributed by atoms with E-state index >= 15 is 0 Å². The fourth-order valence-corrected chi connectivity index (χ4v) is 4.06. The Hall–Kier alpha value is -3.49. The van der Waals surface area contributed by atoms with E-state index < -0.39 is 5.97 Å². The van der Waals surface area contributed by atoms with Crippen LogP contribution in [-0.4, -0.2) is 55.5 Å². The third-order valence-electron chi connectivity index (χ3n) is 5.64. The summed E-state index contributed by atoms with van der Waals surface area (Å²) in [6, 6.07) is 5.13. The van der Waals surface area contributed by atoms with Crippen molar-refractivity contribution in [3.8, 4) is 0 Å². The standard InChI is InChI=1S/C22H26N6O3/c1-27(2)20(29)17-11-15-13-24-22(25-18-10-9-14(12-23-18)21(30)31)26-19(15)28(17)16-7-5-3-4-6-8-16/h9-13,16H,3-8H2,1-2H3,(H,30,31)(H,23,24,25,26). The molecule has 9 heteroatoms. The van der Waals surface area contributed by atoms with Gasteiger partial charge in [-0.3, -0.25) is 4.79 Å². The molecule has 0 radical (unpaired) electrons. The van der Waals surface area contributed by atoms with Gasteiger partial charge >= 0.3 is 5.97 Å². The molecule has 3 heterocycles. The molecule has 0 saturated heterocycles. The number of anilines is 2. The molecule has 9 nitrogen and oxygen atoms in total. The van der Waals surface area contributed by atoms with Gasteiger partial charge in [0, 0.05) is 37.9 Å². The Morgan fingerprint density at radius 3 is 2.45 bits per heavy atom. The number of hydrogen-bond acceptors (Lipinski definition) is 6. The van der Waals surface area contributed by atoms with Crippen molar-refractivity contribution in [2.45, 2.75) is 44.6 Å². The summed E-state index contributed by atoms with van der Waals surface area (Å²) in [6.45, 7) is 0. The monoisotopic (exact) mass is 422 g/mol. The molecule has 1 saturated carbocycles. The minimum absolute atomic E-state index is 0.0531. The number of nitrogens with zero attached hydrogens (tertiary/aromatic N) is 5. The van der Waals surface area contributed by atoms with Gasteiger partial charge in [0.1, 0.15) is 17.2 Å². The first-order valence-corrected chi connectivity index (χ1v) is 10.5. The van der Waals surface area contributed by atoms with Gasteiger partial charge in [0.15, 0.2) is 0 Å². The first-order chi connectivity index (χ1) is 14.9. The fourth-order valence-electron chi connectivity index (χ4n) is 4.06. The maximum absolute atomic E-state index is 12.9. The number of amides is 1. The molecule has 0 aromatic carbocycles. The van der Waals surface area contributed by atoms with Crippen molar-refractivity contribution in [3.63, 3.8) is 0 Å². The number of hydrogen-bond donors (Lipinski definition) is 2. The molecule has 162 valence electrons. The lowest BCUT2D eigenvalue weighted by atomic mass is 10.1. The van der Waals surface area contributed by atoms with Crippen molar-refractivity contribution in [2.24, 2.45) is 0 Å². The number of nitrogens with one attached hydrogen (secondary N) is 1. The van der Waals surface area contributed by atoms with Gasteiger partial charge in [-0.1, -0.05) is 25.7 Å². The maximum Gasteiger partial charge on any atom is 0.337 e. The molecule has 31 heavy (non-hydrogen) atoms. The Morgan fingerprint density at radius 1 is 1.10 bits per heavy atom. The summed E-state index contributed by atoms with van der Waals surface area (Å²) in [6.07, 6.45) is 9.72. The van der Waals surface area contributed by atoms with Gasteiger partial charge in [0.05, 0.1) is 5.56 Å². The van der Waals surface area contributed by atoms with Crippen LogP contribution in [0.4, 0.5) is 11.8 Å². The number of rotatable bonds is 5. The number of carbonyl (C=O) groups is 2. The second kappa shape index (κ2) is 8.71. The van der Waals surface area contributed by atoms with Gasteiger partial charge in [-0.25, -0.2) is 14.8 Å². The molecule has 4 rings (SSSR count). The number of aromatic carboxylic acids is 1. The lowest BCUT2D eigenvalue weighted by Gasteiger charge is -2.21. The molecule has 1 aliphatic carbocycles. The molecule has 1 amide bonds. The summed E-state index contributed by atoms with van der Waals surface area (Å²) in [5.74, 6) is -0.292. The molecular weight excluding hydrogens is 396 g/mol. The van der Waals surface area contributed by atoms with E-state index in [1.165, 1.54) is 25.1 Å². The molecular formula is C22H26N6O3. The molecule has 3 aromatic rings. The summed E-state index contributed by atoms with van der Waals surface area (Å²) in [5.41, 5.74) is 1.45. The maximum atomic E-state index is 12.9. The van der Waals surface area contributed by atoms with Crippen molar-refractivity contribution < 1.29 is 14.7 Å². The largest absolute Gasteiger partial charge is 0.478 e. The van der Waals surface area contributed by atoms with Crippen LogP contribution < -0.4 is 5.32 Å². The van der Waals surface area contributed by atoms with Crippen LogP contribution in [0.5, 0.6) is 0 Å². The zero-order valence-corrected chi connectivity index (χ0v) is 17.7. The van der Waals surface area contributed by atoms with Crippen LogP contribution in [0.15, 0.2) is 30.6 Å². The van der Waals surface area contributed by atoms with Crippen molar-refractivity contribution >= 4 is 34.7 Å². The van der Waals surface area contributed by atoms with Crippen LogP contribution in [0.1, 0.15) is 65.4 Å². The third kappa shape index (κ3) is 4.35. The second-order valence-corrected chi connectivity index (χ2v) is 8.08. The highest BCUT2D eigenvalue weighted by Gasteiger charge is 2.25. The minimum atomic E-state index is -1.03. The number of aromatic nitrogens is 4. The van der Waals surface area contributed by atoms with Crippen LogP contribution in [0.25, 0.3) is 11.0 Å². The number of fused-ring (bicyclic) bond motifs is 1. The average molecular weight is 422 g/mol. The topological polar surface area (TPSA) is 113 Å². The molecule has 0 atom stereocenters. The summed E-state index contributed by atoms with van der Waals surface area (Å²) in [7, 11) is 3.51. The Morgan fingerprint density at radius 2 is 1.84 bits per heavy atom. The zero-order valence-electron chi connectivity index (χ0n) is 17.7. The number of pyridine rings is 1. The number of carboxylic acids is 1. The highest BCUT2D eigenvalue weighted by Crippen LogP contribution is 2.33. The molecule has 0 aliphatic heterocycles. The van der Waals surface area contributed by atoms with E-state index in [1.807, 2.05) is 6.07 Å². The van der Waals surface area contributed by atoms with E-state index in [4.69, 9.17) is 10.1 Å². The highest BCUT2D eigenvalue weighted by molar-refractivity contribution is 5.98. The smallest absolute Gasteiger partial charge is 0.337 e. The molecule has 2 N–H and O–H groups in total. The van der Waals surface area contributed by atoms with Crippen LogP contribution >= 0.6 is 0 Å². The van der Waals surface area contributed by atoms with Crippen molar-refractivity contribution in [2.75, 3.05) is 19.4 Å². The highest BCUT2D eigenvalue weighted by atomic mass is 16.4. The van der Waals surface area contributed by atoms with Crippen LogP contribution in [0.2, 0.25) is 0 Å². The molecule has 0 unspecified atom stereocenters. The lowest BCUT2D eigenvalue weighted by Crippen LogP contribution is -2.26. The molecule has 0 bridgehead atoms. The van der Waals surface area contributed by atoms with Crippen molar-refractivity contribution in [1.29, 1.82) is 0 Å². The van der Waals surface area contributed by atoms with E-state index in [0.29, 0.717) is 17.5 Å². The first kappa shape index (κ1) is 20.8. The van der Waals surface area contributed by atoms with Gasteiger partial charge in [-0.15, -0.1) is 0 Å². The SMILES string of the molecule is CN(C)C(=O)c1cc2cnc(Nc3ccc(C(=O)O)cn3)nc2n1C1CCCCCC1. The first-order valence-electron chi connectivity index (χ1n) is 10.5. The van der Waals surface area contributed by atoms with Gasteiger partial charge in [0.25, 0.3) is 5.91 Å². The Labute approximate surface area is 180 Å². The zero-order chi connectivity index (χ0) is 22.0. The fraction of sp³-hybridized carbons (Fsp3) is 0.409. The van der Waals surface area contributed by atoms with Crippen molar-refractivity contribution in [1.82, 2.24) is 24.4 Å². The molecule has 0 spiro atoms. The third-order valence-corrected chi connectivity index (χ3v) is 5.64. The Balaban J connectivity index is 1.73. The van der Waals surface area contributed by atoms with Gasteiger partial charge in [-0.2, -0.15) is 4.98 Å². The van der Waals surface area contributed by atoms with Crippen LogP contribution in [-0.2, 0) is 0 Å². The Kier molecular flexibility index (Phi) is 5.83. The molecule has 1 aliphatic rings. The van der Waals surface area contributed by atoms with E-state index in [1.54, 1.807) is 31.3 Å². The predicted molar refractivity (Wildman–Crippen MR) is 117 cm³/mol. The van der Waals surface area contributed by atoms with E-state index in [0.717, 1.165) is 36.7 Å². The van der Waals surface area contributed by atoms with E-state index in [2.05, 4.69) is 19.9 Å². The van der Waals surface area contributed by atoms with Gasteiger partial charge in [0.2, 0.25) is 5.95 Å². The van der Waals surface area contributed by atoms with Crippen LogP contribution in [0.3, 0.4) is 0 Å². The minimum Gasteiger partial charge on any atom is -0.478 e. The van der Waals surface area contributed by atoms with E-state index in [-0.39, 0.29) is 17.5 Å². The lowest BCUT2D eigenvalue weighted by molar-refractivity contribution is 0.0696. The van der Waals surface area contributed by atoms with Crippen LogP contribution in [0, 0.1) is 0 Å². The molecule has 3 aromatic heterocycles. The van der Waals surface area contributed by atoms with Gasteiger partial charge < -0.3 is 19.9 Å². The Bertz CT molecular complexity index is 1100. The van der Waals surface area contributed by atoms with Crippen molar-refractivity contribution in [3.05, 3.63) is 41.9 Å². The summed E-state index contributed by atoms with van der Waals surface area (Å²) in [5, 5.41) is 12.9. The average Bonchev–Trinajstić information content (AvgIpc) is 2.92. The van der Waals surface area contributed by atoms with Gasteiger partial charge in [-0.05, 0) is 31.0 Å². The normalized spacial score (nSPS) is 14.9. The predicted octanol–water partition coefficient (Wildman–Crippen LogP) is 3.87. The summed E-state index contributed by atoms with van der Waals surface area (Å²) < 4.78 is 2.08. The summed E-state index contributed by atoms with van der Waals surface area (Å²) in [4.78, 5) is 38.7. The number of carboxylic acid groups (broad SMARTS) is 1.